The standard InChI is InChI=1S/C17H19N5O2.C2H6O4S/c1-9-6-11(20-16-14(9)15(18)21-17(19)22-16)7-10-8-12(23-2)4-5-13(10)24-3;3-1-2-7(4,5)6/h4-6,8H,7H2,1-3H3,(H4,18,19,20,21,22);3H,1-2H2,(H,4,5,6). The van der Waals surface area contributed by atoms with Crippen LogP contribution in [0.25, 0.3) is 11.0 Å². The zero-order valence-corrected chi connectivity index (χ0v) is 18.2. The molecule has 31 heavy (non-hydrogen) atoms. The quantitative estimate of drug-likeness (QED) is 0.391. The van der Waals surface area contributed by atoms with Crippen molar-refractivity contribution >= 4 is 32.9 Å². The summed E-state index contributed by atoms with van der Waals surface area (Å²) in [6.07, 6.45) is 0.570. The number of benzene rings is 1. The summed E-state index contributed by atoms with van der Waals surface area (Å²) >= 11 is 0. The van der Waals surface area contributed by atoms with E-state index in [0.717, 1.165) is 33.7 Å². The Morgan fingerprint density at radius 1 is 1.06 bits per heavy atom. The lowest BCUT2D eigenvalue weighted by Crippen LogP contribution is -2.06. The van der Waals surface area contributed by atoms with Gasteiger partial charge in [0.1, 0.15) is 17.3 Å². The minimum absolute atomic E-state index is 0.114. The molecule has 168 valence electrons. The average molecular weight is 452 g/mol. The van der Waals surface area contributed by atoms with Crippen LogP contribution >= 0.6 is 0 Å². The van der Waals surface area contributed by atoms with Crippen LogP contribution in [-0.4, -0.2) is 59.6 Å². The molecule has 0 saturated heterocycles. The number of ether oxygens (including phenoxy) is 2. The van der Waals surface area contributed by atoms with E-state index in [9.17, 15) is 8.42 Å². The summed E-state index contributed by atoms with van der Waals surface area (Å²) in [5, 5.41) is 8.59. The first-order valence-corrected chi connectivity index (χ1v) is 10.6. The van der Waals surface area contributed by atoms with E-state index in [2.05, 4.69) is 15.0 Å². The van der Waals surface area contributed by atoms with Gasteiger partial charge < -0.3 is 26.0 Å². The topological polar surface area (TPSA) is 184 Å². The summed E-state index contributed by atoms with van der Waals surface area (Å²) < 4.78 is 37.8. The molecule has 2 heterocycles. The Hall–Kier alpha value is -3.22. The maximum absolute atomic E-state index is 9.63. The van der Waals surface area contributed by atoms with E-state index in [-0.39, 0.29) is 5.95 Å². The van der Waals surface area contributed by atoms with Crippen LogP contribution < -0.4 is 20.9 Å². The fourth-order valence-electron chi connectivity index (χ4n) is 2.85. The molecule has 0 saturated carbocycles. The number of nitrogens with two attached hydrogens (primary N) is 2. The summed E-state index contributed by atoms with van der Waals surface area (Å²) in [6, 6.07) is 7.64. The molecule has 3 rings (SSSR count). The molecule has 1 aromatic carbocycles. The molecule has 0 bridgehead atoms. The number of pyridine rings is 1. The van der Waals surface area contributed by atoms with Crippen molar-refractivity contribution in [3.05, 3.63) is 41.1 Å². The normalized spacial score (nSPS) is 11.0. The third kappa shape index (κ3) is 6.64. The third-order valence-electron chi connectivity index (χ3n) is 4.17. The highest BCUT2D eigenvalue weighted by atomic mass is 32.2. The third-order valence-corrected chi connectivity index (χ3v) is 4.87. The van der Waals surface area contributed by atoms with Crippen LogP contribution in [-0.2, 0) is 16.5 Å². The Balaban J connectivity index is 0.000000423. The smallest absolute Gasteiger partial charge is 0.267 e. The Morgan fingerprint density at radius 2 is 1.77 bits per heavy atom. The zero-order chi connectivity index (χ0) is 23.2. The van der Waals surface area contributed by atoms with Gasteiger partial charge in [-0.05, 0) is 36.8 Å². The summed E-state index contributed by atoms with van der Waals surface area (Å²) in [5.41, 5.74) is 14.9. The van der Waals surface area contributed by atoms with Gasteiger partial charge in [-0.15, -0.1) is 0 Å². The first-order chi connectivity index (χ1) is 14.6. The van der Waals surface area contributed by atoms with Gasteiger partial charge in [0, 0.05) is 17.7 Å². The highest BCUT2D eigenvalue weighted by Gasteiger charge is 2.12. The monoisotopic (exact) mass is 451 g/mol. The van der Waals surface area contributed by atoms with Crippen LogP contribution in [0.2, 0.25) is 0 Å². The number of aryl methyl sites for hydroxylation is 1. The van der Waals surface area contributed by atoms with Crippen LogP contribution in [0, 0.1) is 6.92 Å². The SMILES string of the molecule is COc1ccc(OC)c(Cc2cc(C)c3c(N)nc(N)nc3n2)c1.O=S(=O)(O)CCO. The lowest BCUT2D eigenvalue weighted by atomic mass is 10.0. The number of aliphatic hydroxyl groups excluding tert-OH is 1. The van der Waals surface area contributed by atoms with E-state index >= 15 is 0 Å². The number of rotatable bonds is 6. The zero-order valence-electron chi connectivity index (χ0n) is 17.4. The molecule has 2 aromatic heterocycles. The van der Waals surface area contributed by atoms with Crippen LogP contribution in [0.4, 0.5) is 11.8 Å². The van der Waals surface area contributed by atoms with Crippen LogP contribution in [0.5, 0.6) is 11.5 Å². The molecule has 0 amide bonds. The first-order valence-electron chi connectivity index (χ1n) is 9.04. The molecule has 0 atom stereocenters. The molecule has 6 N–H and O–H groups in total. The lowest BCUT2D eigenvalue weighted by molar-refractivity contribution is 0.315. The molecule has 0 aliphatic rings. The number of hydrogen-bond donors (Lipinski definition) is 4. The van der Waals surface area contributed by atoms with Gasteiger partial charge in [-0.3, -0.25) is 4.55 Å². The fourth-order valence-corrected chi connectivity index (χ4v) is 3.08. The number of anilines is 2. The molecular weight excluding hydrogens is 426 g/mol. The Labute approximate surface area is 179 Å². The van der Waals surface area contributed by atoms with Gasteiger partial charge in [0.2, 0.25) is 5.95 Å². The van der Waals surface area contributed by atoms with Gasteiger partial charge in [0.05, 0.1) is 32.0 Å². The van der Waals surface area contributed by atoms with Crippen LogP contribution in [0.15, 0.2) is 24.3 Å². The molecular formula is C19H25N5O6S. The number of nitrogens with zero attached hydrogens (tertiary/aromatic N) is 3. The number of aromatic nitrogens is 3. The number of nitrogen functional groups attached to an aromatic ring is 2. The maximum Gasteiger partial charge on any atom is 0.267 e. The Morgan fingerprint density at radius 3 is 2.32 bits per heavy atom. The number of hydrogen-bond acceptors (Lipinski definition) is 10. The lowest BCUT2D eigenvalue weighted by Gasteiger charge is -2.12. The van der Waals surface area contributed by atoms with Gasteiger partial charge in [0.15, 0.2) is 5.65 Å². The second kappa shape index (κ2) is 10.2. The molecule has 0 aliphatic heterocycles. The molecule has 3 aromatic rings. The maximum atomic E-state index is 9.63. The molecule has 11 nitrogen and oxygen atoms in total. The van der Waals surface area contributed by atoms with E-state index in [1.807, 2.05) is 31.2 Å². The van der Waals surface area contributed by atoms with Gasteiger partial charge in [0.25, 0.3) is 10.1 Å². The molecule has 0 fully saturated rings. The fraction of sp³-hybridized carbons (Fsp3) is 0.316. The van der Waals surface area contributed by atoms with Crippen molar-refractivity contribution in [1.29, 1.82) is 0 Å². The van der Waals surface area contributed by atoms with Crippen molar-refractivity contribution < 1.29 is 27.6 Å². The van der Waals surface area contributed by atoms with E-state index in [0.29, 0.717) is 17.9 Å². The minimum atomic E-state index is -3.92. The predicted molar refractivity (Wildman–Crippen MR) is 117 cm³/mol. The molecule has 0 radical (unpaired) electrons. The largest absolute Gasteiger partial charge is 0.497 e. The van der Waals surface area contributed by atoms with Crippen molar-refractivity contribution in [2.24, 2.45) is 0 Å². The summed E-state index contributed by atoms with van der Waals surface area (Å²) in [4.78, 5) is 12.8. The average Bonchev–Trinajstić information content (AvgIpc) is 2.66. The predicted octanol–water partition coefficient (Wildman–Crippen LogP) is 0.972. The van der Waals surface area contributed by atoms with Crippen LogP contribution in [0.1, 0.15) is 16.8 Å². The van der Waals surface area contributed by atoms with E-state index < -0.39 is 22.5 Å². The van der Waals surface area contributed by atoms with Gasteiger partial charge >= 0.3 is 0 Å². The summed E-state index contributed by atoms with van der Waals surface area (Å²) in [6.45, 7) is 1.42. The van der Waals surface area contributed by atoms with Gasteiger partial charge in [-0.25, -0.2) is 4.98 Å². The minimum Gasteiger partial charge on any atom is -0.497 e. The number of aliphatic hydroxyl groups is 1. The number of methoxy groups -OCH3 is 2. The van der Waals surface area contributed by atoms with Crippen molar-refractivity contribution in [3.63, 3.8) is 0 Å². The molecule has 12 heteroatoms. The second-order valence-electron chi connectivity index (χ2n) is 6.46. The molecule has 0 unspecified atom stereocenters. The molecule has 0 spiro atoms. The number of fused-ring (bicyclic) bond motifs is 1. The highest BCUT2D eigenvalue weighted by Crippen LogP contribution is 2.28. The van der Waals surface area contributed by atoms with Gasteiger partial charge in [-0.1, -0.05) is 0 Å². The van der Waals surface area contributed by atoms with Crippen molar-refractivity contribution in [1.82, 2.24) is 15.0 Å². The summed E-state index contributed by atoms with van der Waals surface area (Å²) in [5.74, 6) is 1.42. The van der Waals surface area contributed by atoms with Crippen molar-refractivity contribution in [3.8, 4) is 11.5 Å². The molecule has 0 aliphatic carbocycles. The highest BCUT2D eigenvalue weighted by molar-refractivity contribution is 7.85. The van der Waals surface area contributed by atoms with Gasteiger partial charge in [-0.2, -0.15) is 18.4 Å². The Kier molecular flexibility index (Phi) is 7.91. The van der Waals surface area contributed by atoms with Crippen LogP contribution in [0.3, 0.4) is 0 Å². The summed E-state index contributed by atoms with van der Waals surface area (Å²) in [7, 11) is -0.655. The van der Waals surface area contributed by atoms with E-state index in [4.69, 9.17) is 30.6 Å². The Bertz CT molecular complexity index is 1170. The van der Waals surface area contributed by atoms with Crippen molar-refractivity contribution in [2.75, 3.05) is 38.0 Å². The van der Waals surface area contributed by atoms with E-state index in [1.54, 1.807) is 14.2 Å². The van der Waals surface area contributed by atoms with Crippen molar-refractivity contribution in [2.45, 2.75) is 13.3 Å². The first kappa shape index (κ1) is 24.1. The van der Waals surface area contributed by atoms with E-state index in [1.165, 1.54) is 0 Å². The second-order valence-corrected chi connectivity index (χ2v) is 8.03.